The highest BCUT2D eigenvalue weighted by Crippen LogP contribution is 2.19. The fourth-order valence-corrected chi connectivity index (χ4v) is 2.44. The molecule has 0 aromatic rings. The number of aliphatic carboxylic acids is 1. The Bertz CT molecular complexity index is 285. The monoisotopic (exact) mass is 271 g/mol. The molecule has 0 spiro atoms. The number of carboxylic acids is 1. The van der Waals surface area contributed by atoms with Crippen LogP contribution in [0.4, 0.5) is 0 Å². The average molecular weight is 271 g/mol. The summed E-state index contributed by atoms with van der Waals surface area (Å²) in [6, 6.07) is 0. The van der Waals surface area contributed by atoms with Crippen LogP contribution in [-0.2, 0) is 9.59 Å². The van der Waals surface area contributed by atoms with Crippen LogP contribution in [0, 0.1) is 23.7 Å². The molecule has 2 atom stereocenters. The van der Waals surface area contributed by atoms with Crippen molar-refractivity contribution in [2.75, 3.05) is 6.54 Å². The van der Waals surface area contributed by atoms with Gasteiger partial charge in [-0.1, -0.05) is 47.5 Å². The molecule has 112 valence electrons. The lowest BCUT2D eigenvalue weighted by Gasteiger charge is -2.22. The van der Waals surface area contributed by atoms with Gasteiger partial charge in [0.2, 0.25) is 5.91 Å². The van der Waals surface area contributed by atoms with E-state index in [1.54, 1.807) is 0 Å². The molecular weight excluding hydrogens is 242 g/mol. The third-order valence-electron chi connectivity index (χ3n) is 3.80. The van der Waals surface area contributed by atoms with Gasteiger partial charge in [0.25, 0.3) is 0 Å². The zero-order valence-corrected chi connectivity index (χ0v) is 12.9. The van der Waals surface area contributed by atoms with E-state index in [9.17, 15) is 9.59 Å². The third kappa shape index (κ3) is 6.60. The highest BCUT2D eigenvalue weighted by Gasteiger charge is 2.24. The molecule has 2 unspecified atom stereocenters. The standard InChI is InChI=1S/C15H29NO3/c1-6-12(7-2)11(5)14(17)16-9-13(15(18)19)8-10(3)4/h10-13H,6-9H2,1-5H3,(H,16,17)(H,18,19). The molecule has 0 heterocycles. The van der Waals surface area contributed by atoms with E-state index in [0.717, 1.165) is 12.8 Å². The number of hydrogen-bond donors (Lipinski definition) is 2. The molecule has 0 aromatic carbocycles. The normalized spacial score (nSPS) is 14.5. The van der Waals surface area contributed by atoms with Crippen LogP contribution in [0.5, 0.6) is 0 Å². The topological polar surface area (TPSA) is 66.4 Å². The van der Waals surface area contributed by atoms with Crippen molar-refractivity contribution in [1.82, 2.24) is 5.32 Å². The summed E-state index contributed by atoms with van der Waals surface area (Å²) >= 11 is 0. The lowest BCUT2D eigenvalue weighted by atomic mass is 9.88. The van der Waals surface area contributed by atoms with Crippen LogP contribution in [0.3, 0.4) is 0 Å². The molecule has 0 aliphatic carbocycles. The van der Waals surface area contributed by atoms with Gasteiger partial charge in [0.05, 0.1) is 5.92 Å². The van der Waals surface area contributed by atoms with E-state index in [1.165, 1.54) is 0 Å². The first kappa shape index (κ1) is 17.9. The van der Waals surface area contributed by atoms with Gasteiger partial charge in [0, 0.05) is 12.5 Å². The van der Waals surface area contributed by atoms with Gasteiger partial charge in [-0.2, -0.15) is 0 Å². The molecular formula is C15H29NO3. The summed E-state index contributed by atoms with van der Waals surface area (Å²) in [5.74, 6) is -0.711. The molecule has 0 saturated heterocycles. The zero-order chi connectivity index (χ0) is 15.0. The molecule has 0 bridgehead atoms. The molecule has 1 amide bonds. The molecule has 0 saturated carbocycles. The van der Waals surface area contributed by atoms with Crippen LogP contribution in [0.2, 0.25) is 0 Å². The second-order valence-electron chi connectivity index (χ2n) is 5.78. The summed E-state index contributed by atoms with van der Waals surface area (Å²) in [5, 5.41) is 11.9. The highest BCUT2D eigenvalue weighted by atomic mass is 16.4. The minimum Gasteiger partial charge on any atom is -0.481 e. The maximum Gasteiger partial charge on any atom is 0.308 e. The summed E-state index contributed by atoms with van der Waals surface area (Å²) in [7, 11) is 0. The van der Waals surface area contributed by atoms with E-state index in [-0.39, 0.29) is 18.4 Å². The van der Waals surface area contributed by atoms with E-state index >= 15 is 0 Å². The Morgan fingerprint density at radius 1 is 1.11 bits per heavy atom. The summed E-state index contributed by atoms with van der Waals surface area (Å²) in [6.45, 7) is 10.3. The molecule has 19 heavy (non-hydrogen) atoms. The molecule has 0 aliphatic rings. The Balaban J connectivity index is 4.35. The van der Waals surface area contributed by atoms with Gasteiger partial charge in [-0.05, 0) is 18.3 Å². The number of nitrogens with one attached hydrogen (secondary N) is 1. The van der Waals surface area contributed by atoms with Gasteiger partial charge in [-0.25, -0.2) is 0 Å². The Morgan fingerprint density at radius 2 is 1.63 bits per heavy atom. The number of carboxylic acid groups (broad SMARTS) is 1. The first-order valence-corrected chi connectivity index (χ1v) is 7.33. The van der Waals surface area contributed by atoms with Crippen molar-refractivity contribution in [3.8, 4) is 0 Å². The molecule has 0 aromatic heterocycles. The van der Waals surface area contributed by atoms with Crippen molar-refractivity contribution in [3.05, 3.63) is 0 Å². The van der Waals surface area contributed by atoms with Gasteiger partial charge in [-0.3, -0.25) is 9.59 Å². The van der Waals surface area contributed by atoms with Crippen LogP contribution in [0.1, 0.15) is 53.9 Å². The largest absolute Gasteiger partial charge is 0.481 e. The maximum atomic E-state index is 12.0. The van der Waals surface area contributed by atoms with Crippen molar-refractivity contribution in [2.45, 2.75) is 53.9 Å². The lowest BCUT2D eigenvalue weighted by molar-refractivity contribution is -0.142. The summed E-state index contributed by atoms with van der Waals surface area (Å²) in [5.41, 5.74) is 0. The fraction of sp³-hybridized carbons (Fsp3) is 0.867. The Hall–Kier alpha value is -1.06. The van der Waals surface area contributed by atoms with Gasteiger partial charge in [0.1, 0.15) is 0 Å². The number of carbonyl (C=O) groups excluding carboxylic acids is 1. The predicted molar refractivity (Wildman–Crippen MR) is 76.8 cm³/mol. The Morgan fingerprint density at radius 3 is 2.00 bits per heavy atom. The molecule has 0 aliphatic heterocycles. The summed E-state index contributed by atoms with van der Waals surface area (Å²) in [6.07, 6.45) is 2.54. The van der Waals surface area contributed by atoms with Crippen LogP contribution in [0.25, 0.3) is 0 Å². The number of hydrogen-bond acceptors (Lipinski definition) is 2. The molecule has 0 rings (SSSR count). The first-order valence-electron chi connectivity index (χ1n) is 7.33. The first-order chi connectivity index (χ1) is 8.83. The minimum absolute atomic E-state index is 0.0243. The second kappa shape index (κ2) is 8.94. The quantitative estimate of drug-likeness (QED) is 0.677. The van der Waals surface area contributed by atoms with Gasteiger partial charge < -0.3 is 10.4 Å². The molecule has 4 heteroatoms. The van der Waals surface area contributed by atoms with E-state index in [0.29, 0.717) is 18.3 Å². The fourth-order valence-electron chi connectivity index (χ4n) is 2.44. The van der Waals surface area contributed by atoms with E-state index in [2.05, 4.69) is 19.2 Å². The van der Waals surface area contributed by atoms with E-state index in [4.69, 9.17) is 5.11 Å². The number of rotatable bonds is 9. The summed E-state index contributed by atoms with van der Waals surface area (Å²) < 4.78 is 0. The highest BCUT2D eigenvalue weighted by molar-refractivity contribution is 5.79. The van der Waals surface area contributed by atoms with Crippen LogP contribution in [0.15, 0.2) is 0 Å². The smallest absolute Gasteiger partial charge is 0.308 e. The molecule has 2 N–H and O–H groups in total. The lowest BCUT2D eigenvalue weighted by Crippen LogP contribution is -2.38. The molecule has 4 nitrogen and oxygen atoms in total. The van der Waals surface area contributed by atoms with Gasteiger partial charge in [0.15, 0.2) is 0 Å². The maximum absolute atomic E-state index is 12.0. The Labute approximate surface area is 117 Å². The predicted octanol–water partition coefficient (Wildman–Crippen LogP) is 2.92. The minimum atomic E-state index is -0.829. The zero-order valence-electron chi connectivity index (χ0n) is 12.9. The summed E-state index contributed by atoms with van der Waals surface area (Å²) in [4.78, 5) is 23.1. The van der Waals surface area contributed by atoms with Crippen molar-refractivity contribution >= 4 is 11.9 Å². The molecule has 0 radical (unpaired) electrons. The SMILES string of the molecule is CCC(CC)C(C)C(=O)NCC(CC(C)C)C(=O)O. The van der Waals surface area contributed by atoms with Crippen LogP contribution < -0.4 is 5.32 Å². The Kier molecular flexibility index (Phi) is 8.44. The van der Waals surface area contributed by atoms with Crippen molar-refractivity contribution in [2.24, 2.45) is 23.7 Å². The number of amides is 1. The van der Waals surface area contributed by atoms with Crippen molar-refractivity contribution in [3.63, 3.8) is 0 Å². The van der Waals surface area contributed by atoms with Crippen molar-refractivity contribution in [1.29, 1.82) is 0 Å². The molecule has 0 fully saturated rings. The van der Waals surface area contributed by atoms with Crippen molar-refractivity contribution < 1.29 is 14.7 Å². The van der Waals surface area contributed by atoms with E-state index < -0.39 is 11.9 Å². The second-order valence-corrected chi connectivity index (χ2v) is 5.78. The number of carbonyl (C=O) groups is 2. The van der Waals surface area contributed by atoms with E-state index in [1.807, 2.05) is 20.8 Å². The average Bonchev–Trinajstić information content (AvgIpc) is 2.34. The van der Waals surface area contributed by atoms with Crippen LogP contribution in [-0.4, -0.2) is 23.5 Å². The van der Waals surface area contributed by atoms with Crippen LogP contribution >= 0.6 is 0 Å². The van der Waals surface area contributed by atoms with Gasteiger partial charge >= 0.3 is 5.97 Å². The van der Waals surface area contributed by atoms with Gasteiger partial charge in [-0.15, -0.1) is 0 Å². The third-order valence-corrected chi connectivity index (χ3v) is 3.80.